The number of aromatic nitrogens is 2. The first-order valence-corrected chi connectivity index (χ1v) is 6.52. The lowest BCUT2D eigenvalue weighted by Gasteiger charge is -2.18. The molecule has 1 heterocycles. The lowest BCUT2D eigenvalue weighted by Crippen LogP contribution is -2.16. The Morgan fingerprint density at radius 1 is 1.35 bits per heavy atom. The lowest BCUT2D eigenvalue weighted by atomic mass is 10.1. The number of anilines is 1. The number of aliphatic hydroxyl groups is 1. The second-order valence-electron chi connectivity index (χ2n) is 4.28. The quantitative estimate of drug-likeness (QED) is 0.830. The van der Waals surface area contributed by atoms with Gasteiger partial charge < -0.3 is 15.2 Å². The number of methoxy groups -OCH3 is 1. The van der Waals surface area contributed by atoms with Crippen molar-refractivity contribution >= 4 is 17.4 Å². The summed E-state index contributed by atoms with van der Waals surface area (Å²) in [6.07, 6.45) is 0. The molecule has 20 heavy (non-hydrogen) atoms. The monoisotopic (exact) mass is 293 g/mol. The maximum Gasteiger partial charge on any atom is 0.134 e. The third kappa shape index (κ3) is 3.59. The summed E-state index contributed by atoms with van der Waals surface area (Å²) in [7, 11) is 1.61. The number of nitrogens with zero attached hydrogens (tertiary/aromatic N) is 2. The number of hydrogen-bond acceptors (Lipinski definition) is 5. The van der Waals surface area contributed by atoms with Crippen molar-refractivity contribution in [1.82, 2.24) is 9.97 Å². The number of benzene rings is 1. The van der Waals surface area contributed by atoms with E-state index in [9.17, 15) is 5.11 Å². The summed E-state index contributed by atoms with van der Waals surface area (Å²) in [6.45, 7) is 1.68. The van der Waals surface area contributed by atoms with Crippen molar-refractivity contribution in [3.8, 4) is 5.75 Å². The molecule has 0 saturated carbocycles. The normalized spacial score (nSPS) is 12.0. The molecule has 0 bridgehead atoms. The van der Waals surface area contributed by atoms with Crippen LogP contribution in [0, 0.1) is 6.92 Å². The molecule has 1 aromatic heterocycles. The molecular weight excluding hydrogens is 278 g/mol. The topological polar surface area (TPSA) is 67.3 Å². The van der Waals surface area contributed by atoms with E-state index in [-0.39, 0.29) is 12.6 Å². The van der Waals surface area contributed by atoms with Gasteiger partial charge in [0.1, 0.15) is 22.5 Å². The first-order chi connectivity index (χ1) is 9.62. The summed E-state index contributed by atoms with van der Waals surface area (Å²) in [6, 6.07) is 8.82. The van der Waals surface area contributed by atoms with Crippen molar-refractivity contribution in [2.45, 2.75) is 13.0 Å². The Hall–Kier alpha value is -1.85. The highest BCUT2D eigenvalue weighted by Gasteiger charge is 2.12. The van der Waals surface area contributed by atoms with E-state index >= 15 is 0 Å². The first-order valence-electron chi connectivity index (χ1n) is 6.15. The molecule has 106 valence electrons. The molecule has 0 saturated heterocycles. The average molecular weight is 294 g/mol. The molecule has 0 aliphatic rings. The molecule has 1 atom stereocenters. The van der Waals surface area contributed by atoms with Crippen molar-refractivity contribution < 1.29 is 9.84 Å². The van der Waals surface area contributed by atoms with Crippen molar-refractivity contribution in [2.24, 2.45) is 0 Å². The molecule has 0 aliphatic heterocycles. The van der Waals surface area contributed by atoms with Crippen LogP contribution in [0.5, 0.6) is 5.75 Å². The van der Waals surface area contributed by atoms with E-state index in [1.807, 2.05) is 24.3 Å². The van der Waals surface area contributed by atoms with Crippen LogP contribution in [0.4, 0.5) is 5.82 Å². The van der Waals surface area contributed by atoms with Gasteiger partial charge in [0.25, 0.3) is 0 Å². The van der Waals surface area contributed by atoms with Gasteiger partial charge in [0, 0.05) is 6.07 Å². The Kier molecular flexibility index (Phi) is 4.76. The van der Waals surface area contributed by atoms with Gasteiger partial charge in [-0.25, -0.2) is 9.97 Å². The highest BCUT2D eigenvalue weighted by molar-refractivity contribution is 6.29. The minimum absolute atomic E-state index is 0.0756. The maximum atomic E-state index is 9.56. The van der Waals surface area contributed by atoms with Crippen LogP contribution in [0.1, 0.15) is 17.4 Å². The number of ether oxygens (including phenoxy) is 1. The van der Waals surface area contributed by atoms with Crippen LogP contribution in [-0.4, -0.2) is 28.8 Å². The third-order valence-electron chi connectivity index (χ3n) is 2.81. The number of hydrogen-bond donors (Lipinski definition) is 2. The van der Waals surface area contributed by atoms with Gasteiger partial charge in [0.2, 0.25) is 0 Å². The molecule has 1 unspecified atom stereocenters. The van der Waals surface area contributed by atoms with Crippen molar-refractivity contribution in [3.63, 3.8) is 0 Å². The Morgan fingerprint density at radius 2 is 2.15 bits per heavy atom. The van der Waals surface area contributed by atoms with Gasteiger partial charge in [-0.2, -0.15) is 0 Å². The molecule has 0 aliphatic carbocycles. The summed E-state index contributed by atoms with van der Waals surface area (Å²) in [4.78, 5) is 8.24. The van der Waals surface area contributed by atoms with Crippen LogP contribution in [0.2, 0.25) is 5.15 Å². The first kappa shape index (κ1) is 14.6. The number of rotatable bonds is 5. The smallest absolute Gasteiger partial charge is 0.134 e. The second kappa shape index (κ2) is 6.54. The van der Waals surface area contributed by atoms with E-state index in [1.54, 1.807) is 20.1 Å². The summed E-state index contributed by atoms with van der Waals surface area (Å²) in [5.41, 5.74) is 0.902. The highest BCUT2D eigenvalue weighted by Crippen LogP contribution is 2.23. The molecule has 5 nitrogen and oxygen atoms in total. The average Bonchev–Trinajstić information content (AvgIpc) is 2.44. The molecule has 0 amide bonds. The van der Waals surface area contributed by atoms with Crippen LogP contribution in [0.25, 0.3) is 0 Å². The fourth-order valence-electron chi connectivity index (χ4n) is 1.88. The Labute approximate surface area is 122 Å². The van der Waals surface area contributed by atoms with Crippen molar-refractivity contribution in [2.75, 3.05) is 19.0 Å². The molecule has 6 heteroatoms. The predicted octanol–water partition coefficient (Wildman–Crippen LogP) is 2.59. The van der Waals surface area contributed by atoms with Crippen LogP contribution >= 0.6 is 11.6 Å². The molecule has 2 aromatic rings. The summed E-state index contributed by atoms with van der Waals surface area (Å²) >= 11 is 5.90. The second-order valence-corrected chi connectivity index (χ2v) is 4.67. The number of nitrogens with one attached hydrogen (secondary N) is 1. The van der Waals surface area contributed by atoms with E-state index in [2.05, 4.69) is 15.3 Å². The van der Waals surface area contributed by atoms with E-state index < -0.39 is 0 Å². The van der Waals surface area contributed by atoms with Gasteiger partial charge in [-0.15, -0.1) is 0 Å². The van der Waals surface area contributed by atoms with Gasteiger partial charge in [-0.05, 0) is 24.6 Å². The zero-order chi connectivity index (χ0) is 14.5. The van der Waals surface area contributed by atoms with E-state index in [1.165, 1.54) is 0 Å². The van der Waals surface area contributed by atoms with Gasteiger partial charge in [-0.1, -0.05) is 23.7 Å². The van der Waals surface area contributed by atoms with E-state index in [0.717, 1.165) is 11.3 Å². The summed E-state index contributed by atoms with van der Waals surface area (Å²) < 4.78 is 5.18. The molecule has 0 fully saturated rings. The van der Waals surface area contributed by atoms with Crippen LogP contribution < -0.4 is 10.1 Å². The van der Waals surface area contributed by atoms with Crippen LogP contribution in [0.15, 0.2) is 30.3 Å². The molecule has 0 radical (unpaired) electrons. The van der Waals surface area contributed by atoms with Crippen molar-refractivity contribution in [1.29, 1.82) is 0 Å². The molecule has 2 N–H and O–H groups in total. The SMILES string of the molecule is COc1cccc(C(CO)Nc2cc(Cl)nc(C)n2)c1. The fraction of sp³-hybridized carbons (Fsp3) is 0.286. The zero-order valence-corrected chi connectivity index (χ0v) is 12.1. The Balaban J connectivity index is 2.23. The van der Waals surface area contributed by atoms with Crippen LogP contribution in [-0.2, 0) is 0 Å². The fourth-order valence-corrected chi connectivity index (χ4v) is 2.10. The van der Waals surface area contributed by atoms with Gasteiger partial charge in [0.05, 0.1) is 19.8 Å². The van der Waals surface area contributed by atoms with Gasteiger partial charge >= 0.3 is 0 Å². The van der Waals surface area contributed by atoms with E-state index in [4.69, 9.17) is 16.3 Å². The minimum atomic E-state index is -0.296. The standard InChI is InChI=1S/C14H16ClN3O2/c1-9-16-13(15)7-14(17-9)18-12(8-19)10-4-3-5-11(6-10)20-2/h3-7,12,19H,8H2,1-2H3,(H,16,17,18). The number of aliphatic hydroxyl groups excluding tert-OH is 1. The third-order valence-corrected chi connectivity index (χ3v) is 3.00. The predicted molar refractivity (Wildman–Crippen MR) is 78.2 cm³/mol. The highest BCUT2D eigenvalue weighted by atomic mass is 35.5. The maximum absolute atomic E-state index is 9.56. The molecule has 0 spiro atoms. The Bertz CT molecular complexity index is 572. The van der Waals surface area contributed by atoms with Crippen LogP contribution in [0.3, 0.4) is 0 Å². The largest absolute Gasteiger partial charge is 0.497 e. The van der Waals surface area contributed by atoms with E-state index in [0.29, 0.717) is 16.8 Å². The van der Waals surface area contributed by atoms with Crippen molar-refractivity contribution in [3.05, 3.63) is 46.9 Å². The number of halogens is 1. The zero-order valence-electron chi connectivity index (χ0n) is 11.3. The summed E-state index contributed by atoms with van der Waals surface area (Å²) in [5.74, 6) is 1.88. The molecule has 2 rings (SSSR count). The molecular formula is C14H16ClN3O2. The molecule has 1 aromatic carbocycles. The lowest BCUT2D eigenvalue weighted by molar-refractivity contribution is 0.276. The van der Waals surface area contributed by atoms with Gasteiger partial charge in [-0.3, -0.25) is 0 Å². The minimum Gasteiger partial charge on any atom is -0.497 e. The number of aryl methyl sites for hydroxylation is 1. The Morgan fingerprint density at radius 3 is 2.80 bits per heavy atom. The van der Waals surface area contributed by atoms with Gasteiger partial charge in [0.15, 0.2) is 0 Å². The summed E-state index contributed by atoms with van der Waals surface area (Å²) in [5, 5.41) is 13.1.